The number of benzene rings is 7. The minimum atomic E-state index is -0.826. The third kappa shape index (κ3) is 5.66. The molecule has 0 fully saturated rings. The van der Waals surface area contributed by atoms with E-state index in [4.69, 9.17) is 16.5 Å². The largest absolute Gasteiger partial charge is 0.300 e. The molecule has 262 valence electrons. The lowest BCUT2D eigenvalue weighted by Gasteiger charge is -2.17. The van der Waals surface area contributed by atoms with Gasteiger partial charge in [-0.1, -0.05) is 140 Å². The Morgan fingerprint density at radius 1 is 0.464 bits per heavy atom. The van der Waals surface area contributed by atoms with Crippen LogP contribution >= 0.6 is 0 Å². The number of nitrogens with zero attached hydrogens (tertiary/aromatic N) is 4. The summed E-state index contributed by atoms with van der Waals surface area (Å²) in [6.07, 6.45) is 3.70. The molecule has 10 rings (SSSR count). The van der Waals surface area contributed by atoms with Gasteiger partial charge < -0.3 is 4.85 Å². The fourth-order valence-corrected chi connectivity index (χ4v) is 8.20. The summed E-state index contributed by atoms with van der Waals surface area (Å²) in [5.74, 6) is 0.661. The molecular weight excluding hydrogens is 681 g/mol. The van der Waals surface area contributed by atoms with Gasteiger partial charge in [-0.25, -0.2) is 16.5 Å². The second-order valence-electron chi connectivity index (χ2n) is 14.5. The first kappa shape index (κ1) is 33.1. The number of rotatable bonds is 6. The molecule has 0 saturated carbocycles. The monoisotopic (exact) mass is 714 g/mol. The second kappa shape index (κ2) is 13.4. The average Bonchev–Trinajstić information content (AvgIpc) is 3.54. The van der Waals surface area contributed by atoms with Crippen LogP contribution in [-0.4, -0.2) is 15.0 Å². The van der Waals surface area contributed by atoms with Crippen LogP contribution in [0.2, 0.25) is 0 Å². The lowest BCUT2D eigenvalue weighted by Crippen LogP contribution is -2.15. The highest BCUT2D eigenvalue weighted by molar-refractivity contribution is 5.98. The zero-order chi connectivity index (χ0) is 37.6. The maximum Gasteiger partial charge on any atom is 0.281 e. The lowest BCUT2D eigenvalue weighted by molar-refractivity contribution is 0.748. The van der Waals surface area contributed by atoms with Crippen molar-refractivity contribution in [2.45, 2.75) is 12.5 Å². The predicted molar refractivity (Wildman–Crippen MR) is 228 cm³/mol. The molecule has 1 unspecified atom stereocenters. The molecule has 2 heterocycles. The Morgan fingerprint density at radius 3 is 1.79 bits per heavy atom. The Balaban J connectivity index is 1.14. The molecule has 1 aliphatic rings. The van der Waals surface area contributed by atoms with Crippen LogP contribution in [0.3, 0.4) is 0 Å². The van der Waals surface area contributed by atoms with E-state index in [-0.39, 0.29) is 0 Å². The van der Waals surface area contributed by atoms with Crippen molar-refractivity contribution in [3.63, 3.8) is 0 Å². The van der Waals surface area contributed by atoms with Crippen molar-refractivity contribution in [1.29, 1.82) is 0 Å². The van der Waals surface area contributed by atoms with E-state index in [1.54, 1.807) is 6.20 Å². The molecule has 9 aromatic rings. The summed E-state index contributed by atoms with van der Waals surface area (Å²) in [6, 6.07) is 61.3. The van der Waals surface area contributed by atoms with E-state index in [1.807, 2.05) is 36.5 Å². The molecule has 0 bridgehead atoms. The quantitative estimate of drug-likeness (QED) is 0.161. The van der Waals surface area contributed by atoms with Crippen LogP contribution < -0.4 is 0 Å². The van der Waals surface area contributed by atoms with Crippen molar-refractivity contribution in [3.8, 4) is 78.4 Å². The van der Waals surface area contributed by atoms with Crippen molar-refractivity contribution in [2.75, 3.05) is 0 Å². The van der Waals surface area contributed by atoms with E-state index in [1.165, 1.54) is 5.56 Å². The van der Waals surface area contributed by atoms with E-state index in [0.29, 0.717) is 5.82 Å². The Morgan fingerprint density at radius 2 is 1.05 bits per heavy atom. The standard InChI is InChI=1S/C52H34N4/c1-52(53-2)47-31-39(24-25-45(47)46-26-23-36-14-9-10-18-44(36)50(46)52)41-28-42(40-17-11-27-54-33-40)30-43(29-41)49-32-48(55-51(56-49)38-15-7-4-8-16-38)37-21-19-35(20-22-37)34-12-5-3-6-13-34/h3-33H,1H3. The van der Waals surface area contributed by atoms with E-state index in [0.717, 1.165) is 88.9 Å². The van der Waals surface area contributed by atoms with Gasteiger partial charge in [0.1, 0.15) is 0 Å². The molecule has 0 N–H and O–H groups in total. The van der Waals surface area contributed by atoms with Crippen LogP contribution in [0.5, 0.6) is 0 Å². The fourth-order valence-electron chi connectivity index (χ4n) is 8.20. The first-order chi connectivity index (χ1) is 27.6. The number of hydrogen-bond acceptors (Lipinski definition) is 3. The summed E-state index contributed by atoms with van der Waals surface area (Å²) in [5.41, 5.74) is 14.6. The molecule has 1 atom stereocenters. The van der Waals surface area contributed by atoms with Gasteiger partial charge >= 0.3 is 0 Å². The Hall–Kier alpha value is -7.48. The summed E-state index contributed by atoms with van der Waals surface area (Å²) in [4.78, 5) is 19.1. The summed E-state index contributed by atoms with van der Waals surface area (Å²) < 4.78 is 0. The van der Waals surface area contributed by atoms with Gasteiger partial charge in [0.25, 0.3) is 5.54 Å². The molecule has 0 saturated heterocycles. The van der Waals surface area contributed by atoms with Crippen molar-refractivity contribution in [3.05, 3.63) is 211 Å². The maximum atomic E-state index is 8.54. The fraction of sp³-hybridized carbons (Fsp3) is 0.0385. The van der Waals surface area contributed by atoms with Crippen LogP contribution in [0.1, 0.15) is 18.1 Å². The molecule has 0 spiro atoms. The van der Waals surface area contributed by atoms with Gasteiger partial charge in [0, 0.05) is 47.1 Å². The van der Waals surface area contributed by atoms with Gasteiger partial charge in [0.05, 0.1) is 17.0 Å². The van der Waals surface area contributed by atoms with Crippen molar-refractivity contribution in [2.24, 2.45) is 0 Å². The Labute approximate surface area is 326 Å². The molecular formula is C52H34N4. The molecule has 4 heteroatoms. The van der Waals surface area contributed by atoms with E-state index < -0.39 is 5.54 Å². The summed E-state index contributed by atoms with van der Waals surface area (Å²) in [5, 5.41) is 2.28. The van der Waals surface area contributed by atoms with E-state index in [9.17, 15) is 0 Å². The highest BCUT2D eigenvalue weighted by atomic mass is 14.9. The molecule has 0 amide bonds. The Bertz CT molecular complexity index is 2970. The van der Waals surface area contributed by atoms with Crippen molar-refractivity contribution < 1.29 is 0 Å². The normalized spacial score (nSPS) is 14.2. The highest BCUT2D eigenvalue weighted by Gasteiger charge is 2.46. The van der Waals surface area contributed by atoms with E-state index in [2.05, 4.69) is 162 Å². The third-order valence-corrected chi connectivity index (χ3v) is 11.1. The van der Waals surface area contributed by atoms with Crippen LogP contribution in [0.25, 0.3) is 94.0 Å². The first-order valence-corrected chi connectivity index (χ1v) is 18.8. The summed E-state index contributed by atoms with van der Waals surface area (Å²) >= 11 is 0. The number of pyridine rings is 1. The van der Waals surface area contributed by atoms with Crippen molar-refractivity contribution >= 4 is 10.8 Å². The second-order valence-corrected chi connectivity index (χ2v) is 14.5. The zero-order valence-corrected chi connectivity index (χ0v) is 30.7. The number of fused-ring (bicyclic) bond motifs is 5. The summed E-state index contributed by atoms with van der Waals surface area (Å²) in [7, 11) is 0. The molecule has 0 aliphatic heterocycles. The topological polar surface area (TPSA) is 43.0 Å². The lowest BCUT2D eigenvalue weighted by atomic mass is 9.86. The van der Waals surface area contributed by atoms with Gasteiger partial charge in [-0.15, -0.1) is 0 Å². The number of aromatic nitrogens is 3. The summed E-state index contributed by atoms with van der Waals surface area (Å²) in [6.45, 7) is 10.6. The minimum Gasteiger partial charge on any atom is -0.300 e. The van der Waals surface area contributed by atoms with Crippen LogP contribution in [0.4, 0.5) is 0 Å². The zero-order valence-electron chi connectivity index (χ0n) is 30.7. The van der Waals surface area contributed by atoms with Gasteiger partial charge in [0.2, 0.25) is 0 Å². The molecule has 0 radical (unpaired) electrons. The predicted octanol–water partition coefficient (Wildman–Crippen LogP) is 13.2. The third-order valence-electron chi connectivity index (χ3n) is 11.1. The van der Waals surface area contributed by atoms with Gasteiger partial charge in [-0.05, 0) is 86.1 Å². The van der Waals surface area contributed by atoms with Crippen molar-refractivity contribution in [1.82, 2.24) is 15.0 Å². The first-order valence-electron chi connectivity index (χ1n) is 18.8. The molecule has 1 aliphatic carbocycles. The number of hydrogen-bond donors (Lipinski definition) is 0. The smallest absolute Gasteiger partial charge is 0.281 e. The van der Waals surface area contributed by atoms with E-state index >= 15 is 0 Å². The Kier molecular flexibility index (Phi) is 7.94. The van der Waals surface area contributed by atoms with Crippen LogP contribution in [0.15, 0.2) is 188 Å². The molecule has 4 nitrogen and oxygen atoms in total. The molecule has 7 aromatic carbocycles. The SMILES string of the molecule is [C-]#[N+]C1(C)c2cc(-c3cc(-c4cccnc4)cc(-c4cc(-c5ccc(-c6ccccc6)cc5)nc(-c5ccccc5)n4)c3)ccc2-c2ccc3ccccc3c21. The maximum absolute atomic E-state index is 8.54. The average molecular weight is 715 g/mol. The highest BCUT2D eigenvalue weighted by Crippen LogP contribution is 2.53. The van der Waals surface area contributed by atoms with Gasteiger partial charge in [-0.3, -0.25) is 4.98 Å². The van der Waals surface area contributed by atoms with Crippen LogP contribution in [0, 0.1) is 6.57 Å². The van der Waals surface area contributed by atoms with Crippen LogP contribution in [-0.2, 0) is 5.54 Å². The molecule has 2 aromatic heterocycles. The minimum absolute atomic E-state index is 0.661. The van der Waals surface area contributed by atoms with Gasteiger partial charge in [-0.2, -0.15) is 0 Å². The van der Waals surface area contributed by atoms with Gasteiger partial charge in [0.15, 0.2) is 5.82 Å². The molecule has 56 heavy (non-hydrogen) atoms.